The van der Waals surface area contributed by atoms with Gasteiger partial charge in [-0.15, -0.1) is 11.8 Å². The summed E-state index contributed by atoms with van der Waals surface area (Å²) >= 11 is 1.35. The second-order valence-electron chi connectivity index (χ2n) is 3.20. The zero-order chi connectivity index (χ0) is 11.4. The molecule has 0 saturated carbocycles. The van der Waals surface area contributed by atoms with Crippen LogP contribution in [-0.2, 0) is 0 Å². The van der Waals surface area contributed by atoms with E-state index < -0.39 is 5.91 Å². The van der Waals surface area contributed by atoms with Crippen molar-refractivity contribution in [3.8, 4) is 0 Å². The van der Waals surface area contributed by atoms with E-state index in [4.69, 9.17) is 16.6 Å². The minimum absolute atomic E-state index is 0.0206. The molecule has 1 aromatic rings. The molecule has 5 heteroatoms. The SMILES string of the molecule is CC(CO)Sc1c(N)cccc1C(N)=O. The lowest BCUT2D eigenvalue weighted by atomic mass is 10.2. The monoisotopic (exact) mass is 226 g/mol. The van der Waals surface area contributed by atoms with Crippen LogP contribution in [0, 0.1) is 0 Å². The van der Waals surface area contributed by atoms with Crippen molar-refractivity contribution in [1.82, 2.24) is 0 Å². The molecule has 0 bridgehead atoms. The number of carbonyl (C=O) groups excluding carboxylic acids is 1. The smallest absolute Gasteiger partial charge is 0.249 e. The Balaban J connectivity index is 3.07. The van der Waals surface area contributed by atoms with Crippen LogP contribution in [0.25, 0.3) is 0 Å². The first kappa shape index (κ1) is 11.9. The molecule has 0 aliphatic heterocycles. The average Bonchev–Trinajstić information content (AvgIpc) is 2.20. The molecule has 0 aromatic heterocycles. The first-order valence-corrected chi connectivity index (χ1v) is 5.40. The van der Waals surface area contributed by atoms with Crippen molar-refractivity contribution in [2.24, 2.45) is 5.73 Å². The van der Waals surface area contributed by atoms with Crippen LogP contribution in [0.5, 0.6) is 0 Å². The first-order chi connectivity index (χ1) is 7.06. The van der Waals surface area contributed by atoms with E-state index in [1.807, 2.05) is 6.92 Å². The Morgan fingerprint density at radius 3 is 2.80 bits per heavy atom. The lowest BCUT2D eigenvalue weighted by molar-refractivity contribution is 0.0997. The number of aliphatic hydroxyl groups is 1. The maximum absolute atomic E-state index is 11.1. The van der Waals surface area contributed by atoms with E-state index in [1.54, 1.807) is 18.2 Å². The van der Waals surface area contributed by atoms with Gasteiger partial charge in [0.15, 0.2) is 0 Å². The van der Waals surface area contributed by atoms with Gasteiger partial charge in [0.05, 0.1) is 12.2 Å². The minimum atomic E-state index is -0.505. The van der Waals surface area contributed by atoms with E-state index in [2.05, 4.69) is 0 Å². The van der Waals surface area contributed by atoms with Gasteiger partial charge in [-0.25, -0.2) is 0 Å². The predicted octanol–water partition coefficient (Wildman–Crippen LogP) is 0.841. The van der Waals surface area contributed by atoms with Crippen molar-refractivity contribution < 1.29 is 9.90 Å². The van der Waals surface area contributed by atoms with Crippen molar-refractivity contribution in [3.05, 3.63) is 23.8 Å². The molecule has 1 amide bonds. The third-order valence-corrected chi connectivity index (χ3v) is 3.13. The second-order valence-corrected chi connectivity index (χ2v) is 4.65. The highest BCUT2D eigenvalue weighted by Crippen LogP contribution is 2.31. The molecule has 1 atom stereocenters. The number of nitrogen functional groups attached to an aromatic ring is 1. The van der Waals surface area contributed by atoms with Crippen LogP contribution in [0.1, 0.15) is 17.3 Å². The molecule has 0 saturated heterocycles. The highest BCUT2D eigenvalue weighted by Gasteiger charge is 2.14. The molecule has 0 fully saturated rings. The highest BCUT2D eigenvalue weighted by atomic mass is 32.2. The molecule has 0 aliphatic rings. The van der Waals surface area contributed by atoms with Crippen LogP contribution in [0.2, 0.25) is 0 Å². The van der Waals surface area contributed by atoms with Crippen LogP contribution in [0.15, 0.2) is 23.1 Å². The Morgan fingerprint density at radius 2 is 2.27 bits per heavy atom. The summed E-state index contributed by atoms with van der Waals surface area (Å²) in [4.78, 5) is 11.8. The molecule has 0 aliphatic carbocycles. The maximum atomic E-state index is 11.1. The first-order valence-electron chi connectivity index (χ1n) is 4.52. The third kappa shape index (κ3) is 2.87. The summed E-state index contributed by atoms with van der Waals surface area (Å²) in [5.74, 6) is -0.505. The number of amides is 1. The number of anilines is 1. The summed E-state index contributed by atoms with van der Waals surface area (Å²) in [7, 11) is 0. The van der Waals surface area contributed by atoms with Crippen molar-refractivity contribution >= 4 is 23.4 Å². The molecule has 15 heavy (non-hydrogen) atoms. The number of benzene rings is 1. The summed E-state index contributed by atoms with van der Waals surface area (Å²) in [5.41, 5.74) is 11.9. The zero-order valence-electron chi connectivity index (χ0n) is 8.43. The fourth-order valence-electron chi connectivity index (χ4n) is 1.12. The van der Waals surface area contributed by atoms with E-state index in [0.29, 0.717) is 16.1 Å². The number of carbonyl (C=O) groups is 1. The molecular weight excluding hydrogens is 212 g/mol. The Hall–Kier alpha value is -1.20. The molecule has 1 unspecified atom stereocenters. The molecule has 1 rings (SSSR count). The largest absolute Gasteiger partial charge is 0.398 e. The van der Waals surface area contributed by atoms with Gasteiger partial charge in [-0.05, 0) is 12.1 Å². The van der Waals surface area contributed by atoms with Gasteiger partial charge in [0.2, 0.25) is 5.91 Å². The molecule has 5 N–H and O–H groups in total. The predicted molar refractivity (Wildman–Crippen MR) is 61.8 cm³/mol. The van der Waals surface area contributed by atoms with E-state index in [9.17, 15) is 4.79 Å². The van der Waals surface area contributed by atoms with Crippen LogP contribution in [0.3, 0.4) is 0 Å². The highest BCUT2D eigenvalue weighted by molar-refractivity contribution is 8.00. The van der Waals surface area contributed by atoms with E-state index >= 15 is 0 Å². The maximum Gasteiger partial charge on any atom is 0.249 e. The van der Waals surface area contributed by atoms with Crippen LogP contribution < -0.4 is 11.5 Å². The van der Waals surface area contributed by atoms with E-state index in [0.717, 1.165) is 0 Å². The molecule has 82 valence electrons. The summed E-state index contributed by atoms with van der Waals surface area (Å²) in [6.45, 7) is 1.87. The normalized spacial score (nSPS) is 12.4. The standard InChI is InChI=1S/C10H14N2O2S/c1-6(5-13)15-9-7(10(12)14)3-2-4-8(9)11/h2-4,6,13H,5,11H2,1H3,(H2,12,14). The van der Waals surface area contributed by atoms with Crippen LogP contribution in [0.4, 0.5) is 5.69 Å². The fraction of sp³-hybridized carbons (Fsp3) is 0.300. The number of aliphatic hydroxyl groups excluding tert-OH is 1. The van der Waals surface area contributed by atoms with E-state index in [-0.39, 0.29) is 11.9 Å². The molecule has 0 radical (unpaired) electrons. The number of nitrogens with two attached hydrogens (primary N) is 2. The van der Waals surface area contributed by atoms with Gasteiger partial charge < -0.3 is 16.6 Å². The molecular formula is C10H14N2O2S. The Kier molecular flexibility index (Phi) is 3.99. The second kappa shape index (κ2) is 5.04. The van der Waals surface area contributed by atoms with Crippen molar-refractivity contribution in [3.63, 3.8) is 0 Å². The average molecular weight is 226 g/mol. The van der Waals surface area contributed by atoms with Crippen molar-refractivity contribution in [2.75, 3.05) is 12.3 Å². The quantitative estimate of drug-likeness (QED) is 0.524. The van der Waals surface area contributed by atoms with Crippen molar-refractivity contribution in [1.29, 1.82) is 0 Å². The van der Waals surface area contributed by atoms with Gasteiger partial charge in [-0.3, -0.25) is 4.79 Å². The van der Waals surface area contributed by atoms with Gasteiger partial charge >= 0.3 is 0 Å². The van der Waals surface area contributed by atoms with Gasteiger partial charge in [0.1, 0.15) is 0 Å². The number of thioether (sulfide) groups is 1. The molecule has 0 spiro atoms. The number of rotatable bonds is 4. The van der Waals surface area contributed by atoms with Crippen molar-refractivity contribution in [2.45, 2.75) is 17.1 Å². The molecule has 4 nitrogen and oxygen atoms in total. The van der Waals surface area contributed by atoms with Gasteiger partial charge in [0.25, 0.3) is 0 Å². The lowest BCUT2D eigenvalue weighted by Crippen LogP contribution is -2.14. The van der Waals surface area contributed by atoms with Crippen LogP contribution in [-0.4, -0.2) is 22.9 Å². The minimum Gasteiger partial charge on any atom is -0.398 e. The van der Waals surface area contributed by atoms with Gasteiger partial charge in [0, 0.05) is 15.8 Å². The summed E-state index contributed by atoms with van der Waals surface area (Å²) < 4.78 is 0. The molecule has 0 heterocycles. The Morgan fingerprint density at radius 1 is 1.60 bits per heavy atom. The number of hydrogen-bond donors (Lipinski definition) is 3. The van der Waals surface area contributed by atoms with Gasteiger partial charge in [-0.2, -0.15) is 0 Å². The zero-order valence-corrected chi connectivity index (χ0v) is 9.25. The topological polar surface area (TPSA) is 89.3 Å². The van der Waals surface area contributed by atoms with Crippen LogP contribution >= 0.6 is 11.8 Å². The Bertz CT molecular complexity index is 368. The summed E-state index contributed by atoms with van der Waals surface area (Å²) in [5, 5.41) is 8.92. The number of primary amides is 1. The van der Waals surface area contributed by atoms with E-state index in [1.165, 1.54) is 11.8 Å². The summed E-state index contributed by atoms with van der Waals surface area (Å²) in [6, 6.07) is 5.02. The molecule has 1 aromatic carbocycles. The summed E-state index contributed by atoms with van der Waals surface area (Å²) in [6.07, 6.45) is 0. The Labute approximate surface area is 92.6 Å². The van der Waals surface area contributed by atoms with Gasteiger partial charge in [-0.1, -0.05) is 13.0 Å². The number of hydrogen-bond acceptors (Lipinski definition) is 4. The third-order valence-electron chi connectivity index (χ3n) is 1.89. The fourth-order valence-corrected chi connectivity index (χ4v) is 2.10. The lowest BCUT2D eigenvalue weighted by Gasteiger charge is -2.12.